The molecule has 0 unspecified atom stereocenters. The summed E-state index contributed by atoms with van der Waals surface area (Å²) in [6.07, 6.45) is 1.42. The predicted octanol–water partition coefficient (Wildman–Crippen LogP) is 3.61. The second-order valence-corrected chi connectivity index (χ2v) is 7.09. The molecule has 0 aliphatic carbocycles. The van der Waals surface area contributed by atoms with Crippen molar-refractivity contribution < 1.29 is 19.2 Å². The van der Waals surface area contributed by atoms with Gasteiger partial charge in [0, 0.05) is 23.5 Å². The molecule has 0 fully saturated rings. The van der Waals surface area contributed by atoms with Gasteiger partial charge in [-0.25, -0.2) is 0 Å². The molecule has 0 saturated heterocycles. The van der Waals surface area contributed by atoms with E-state index in [-0.39, 0.29) is 24.8 Å². The minimum Gasteiger partial charge on any atom is -0.454 e. The first-order valence-corrected chi connectivity index (χ1v) is 8.98. The van der Waals surface area contributed by atoms with E-state index in [0.717, 1.165) is 11.1 Å². The van der Waals surface area contributed by atoms with E-state index in [9.17, 15) is 14.9 Å². The molecule has 0 aromatic heterocycles. The Kier molecular flexibility index (Phi) is 4.28. The monoisotopic (exact) mass is 418 g/mol. The fourth-order valence-electron chi connectivity index (χ4n) is 3.36. The first-order chi connectivity index (χ1) is 12.5. The molecule has 134 valence electrons. The number of nitro groups is 1. The summed E-state index contributed by atoms with van der Waals surface area (Å²) in [4.78, 5) is 25.2. The van der Waals surface area contributed by atoms with Crippen molar-refractivity contribution in [3.63, 3.8) is 0 Å². The molecule has 0 radical (unpaired) electrons. The van der Waals surface area contributed by atoms with Crippen molar-refractivity contribution in [2.45, 2.75) is 19.3 Å². The number of hydrogen-bond donors (Lipinski definition) is 0. The molecule has 2 aliphatic rings. The number of nitro benzene ring substituents is 1. The summed E-state index contributed by atoms with van der Waals surface area (Å²) in [5.41, 5.74) is 2.17. The molecule has 4 rings (SSSR count). The number of rotatable bonds is 4. The van der Waals surface area contributed by atoms with E-state index in [1.165, 1.54) is 11.0 Å². The lowest BCUT2D eigenvalue weighted by atomic mass is 10.1. The van der Waals surface area contributed by atoms with Gasteiger partial charge in [0.05, 0.1) is 4.92 Å². The maximum Gasteiger partial charge on any atom is 0.294 e. The maximum absolute atomic E-state index is 12.7. The fourth-order valence-corrected chi connectivity index (χ4v) is 3.85. The van der Waals surface area contributed by atoms with Gasteiger partial charge in [-0.2, -0.15) is 0 Å². The maximum atomic E-state index is 12.7. The average Bonchev–Trinajstić information content (AvgIpc) is 3.24. The molecule has 2 aromatic carbocycles. The molecule has 0 bridgehead atoms. The molecule has 0 spiro atoms. The molecule has 2 aromatic rings. The topological polar surface area (TPSA) is 81.9 Å². The second kappa shape index (κ2) is 6.60. The molecule has 0 saturated carbocycles. The highest BCUT2D eigenvalue weighted by Gasteiger charge is 2.32. The van der Waals surface area contributed by atoms with Crippen molar-refractivity contribution in [2.75, 3.05) is 18.2 Å². The molecule has 0 atom stereocenters. The molecule has 8 heteroatoms. The lowest BCUT2D eigenvalue weighted by Crippen LogP contribution is -2.29. The zero-order valence-electron chi connectivity index (χ0n) is 13.7. The van der Waals surface area contributed by atoms with Crippen LogP contribution >= 0.6 is 15.9 Å². The van der Waals surface area contributed by atoms with Crippen LogP contribution in [0.2, 0.25) is 0 Å². The molecule has 1 amide bonds. The number of benzene rings is 2. The summed E-state index contributed by atoms with van der Waals surface area (Å²) in [6, 6.07) is 8.89. The van der Waals surface area contributed by atoms with Crippen LogP contribution in [-0.2, 0) is 17.6 Å². The highest BCUT2D eigenvalue weighted by molar-refractivity contribution is 9.10. The van der Waals surface area contributed by atoms with Gasteiger partial charge in [-0.05, 0) is 42.2 Å². The summed E-state index contributed by atoms with van der Waals surface area (Å²) < 4.78 is 11.3. The van der Waals surface area contributed by atoms with Crippen molar-refractivity contribution in [1.29, 1.82) is 0 Å². The SMILES string of the molecule is O=C(CCc1ccc2c(c1)OCO2)N1CCc2cc(Br)cc([N+](=O)[O-])c21. The van der Waals surface area contributed by atoms with Gasteiger partial charge in [-0.3, -0.25) is 14.9 Å². The van der Waals surface area contributed by atoms with Crippen LogP contribution in [-0.4, -0.2) is 24.2 Å². The summed E-state index contributed by atoms with van der Waals surface area (Å²) in [7, 11) is 0. The van der Waals surface area contributed by atoms with Crippen LogP contribution in [0.4, 0.5) is 11.4 Å². The first kappa shape index (κ1) is 16.8. The summed E-state index contributed by atoms with van der Waals surface area (Å²) in [5, 5.41) is 11.4. The van der Waals surface area contributed by atoms with Crippen LogP contribution in [0.3, 0.4) is 0 Å². The summed E-state index contributed by atoms with van der Waals surface area (Å²) in [5.74, 6) is 1.27. The molecule has 2 heterocycles. The van der Waals surface area contributed by atoms with E-state index in [1.54, 1.807) is 0 Å². The van der Waals surface area contributed by atoms with Crippen molar-refractivity contribution in [3.8, 4) is 11.5 Å². The second-order valence-electron chi connectivity index (χ2n) is 6.17. The number of anilines is 1. The van der Waals surface area contributed by atoms with Crippen LogP contribution in [0.5, 0.6) is 11.5 Å². The van der Waals surface area contributed by atoms with Gasteiger partial charge in [-0.1, -0.05) is 22.0 Å². The number of ether oxygens (including phenoxy) is 2. The number of amides is 1. The van der Waals surface area contributed by atoms with Crippen molar-refractivity contribution in [2.24, 2.45) is 0 Å². The molecule has 0 N–H and O–H groups in total. The summed E-state index contributed by atoms with van der Waals surface area (Å²) >= 11 is 3.30. The van der Waals surface area contributed by atoms with Crippen LogP contribution in [0.15, 0.2) is 34.8 Å². The average molecular weight is 419 g/mol. The van der Waals surface area contributed by atoms with Crippen LogP contribution in [0.1, 0.15) is 17.5 Å². The Labute approximate surface area is 157 Å². The zero-order chi connectivity index (χ0) is 18.3. The Morgan fingerprint density at radius 2 is 2.04 bits per heavy atom. The summed E-state index contributed by atoms with van der Waals surface area (Å²) in [6.45, 7) is 0.675. The van der Waals surface area contributed by atoms with E-state index in [4.69, 9.17) is 9.47 Å². The number of fused-ring (bicyclic) bond motifs is 2. The molecule has 2 aliphatic heterocycles. The van der Waals surface area contributed by atoms with Gasteiger partial charge < -0.3 is 14.4 Å². The van der Waals surface area contributed by atoms with Crippen LogP contribution < -0.4 is 14.4 Å². The molecular formula is C18H15BrN2O5. The van der Waals surface area contributed by atoms with Crippen molar-refractivity contribution in [3.05, 3.63) is 56.0 Å². The van der Waals surface area contributed by atoms with E-state index in [2.05, 4.69) is 15.9 Å². The number of aryl methyl sites for hydroxylation is 1. The largest absolute Gasteiger partial charge is 0.454 e. The smallest absolute Gasteiger partial charge is 0.294 e. The van der Waals surface area contributed by atoms with Gasteiger partial charge >= 0.3 is 0 Å². The van der Waals surface area contributed by atoms with E-state index in [1.807, 2.05) is 24.3 Å². The lowest BCUT2D eigenvalue weighted by molar-refractivity contribution is -0.384. The number of nitrogens with zero attached hydrogens (tertiary/aromatic N) is 2. The minimum atomic E-state index is -0.437. The Balaban J connectivity index is 1.51. The fraction of sp³-hybridized carbons (Fsp3) is 0.278. The highest BCUT2D eigenvalue weighted by atomic mass is 79.9. The third kappa shape index (κ3) is 3.01. The van der Waals surface area contributed by atoms with Crippen LogP contribution in [0, 0.1) is 10.1 Å². The van der Waals surface area contributed by atoms with Crippen molar-refractivity contribution in [1.82, 2.24) is 0 Å². The predicted molar refractivity (Wildman–Crippen MR) is 97.7 cm³/mol. The number of carbonyl (C=O) groups excluding carboxylic acids is 1. The number of hydrogen-bond acceptors (Lipinski definition) is 5. The third-order valence-electron chi connectivity index (χ3n) is 4.57. The van der Waals surface area contributed by atoms with Gasteiger partial charge in [0.1, 0.15) is 5.69 Å². The lowest BCUT2D eigenvalue weighted by Gasteiger charge is -2.17. The molecule has 7 nitrogen and oxygen atoms in total. The Hall–Kier alpha value is -2.61. The van der Waals surface area contributed by atoms with E-state index in [0.29, 0.717) is 41.0 Å². The van der Waals surface area contributed by atoms with Crippen molar-refractivity contribution >= 4 is 33.2 Å². The minimum absolute atomic E-state index is 0.0386. The Bertz CT molecular complexity index is 915. The number of carbonyl (C=O) groups is 1. The number of halogens is 1. The standard InChI is InChI=1S/C18H15BrN2O5/c19-13-8-12-5-6-20(18(12)14(9-13)21(23)24)17(22)4-2-11-1-3-15-16(7-11)26-10-25-15/h1,3,7-9H,2,4-6,10H2. The normalized spacial score (nSPS) is 14.4. The molecule has 26 heavy (non-hydrogen) atoms. The molecular weight excluding hydrogens is 404 g/mol. The van der Waals surface area contributed by atoms with Gasteiger partial charge in [0.15, 0.2) is 11.5 Å². The Morgan fingerprint density at radius 1 is 1.23 bits per heavy atom. The first-order valence-electron chi connectivity index (χ1n) is 8.18. The third-order valence-corrected chi connectivity index (χ3v) is 5.03. The van der Waals surface area contributed by atoms with Gasteiger partial charge in [0.25, 0.3) is 5.69 Å². The Morgan fingerprint density at radius 3 is 2.85 bits per heavy atom. The van der Waals surface area contributed by atoms with E-state index >= 15 is 0 Å². The van der Waals surface area contributed by atoms with E-state index < -0.39 is 4.92 Å². The van der Waals surface area contributed by atoms with Gasteiger partial charge in [0.2, 0.25) is 12.7 Å². The van der Waals surface area contributed by atoms with Crippen LogP contribution in [0.25, 0.3) is 0 Å². The van der Waals surface area contributed by atoms with Gasteiger partial charge in [-0.15, -0.1) is 0 Å². The quantitative estimate of drug-likeness (QED) is 0.559. The highest BCUT2D eigenvalue weighted by Crippen LogP contribution is 2.40. The zero-order valence-corrected chi connectivity index (χ0v) is 15.3.